The van der Waals surface area contributed by atoms with E-state index in [0.29, 0.717) is 17.9 Å². The molecule has 1 heterocycles. The van der Waals surface area contributed by atoms with E-state index in [-0.39, 0.29) is 12.3 Å². The molecule has 0 saturated carbocycles. The summed E-state index contributed by atoms with van der Waals surface area (Å²) in [6, 6.07) is 17.3. The molecule has 8 heteroatoms. The number of rotatable bonds is 7. The highest BCUT2D eigenvalue weighted by Crippen LogP contribution is 2.20. The number of aromatic nitrogens is 2. The summed E-state index contributed by atoms with van der Waals surface area (Å²) in [5, 5.41) is 9.48. The quantitative estimate of drug-likeness (QED) is 0.662. The van der Waals surface area contributed by atoms with Crippen LogP contribution in [0.15, 0.2) is 66.9 Å². The van der Waals surface area contributed by atoms with E-state index < -0.39 is 12.6 Å². The number of alkyl halides is 2. The highest BCUT2D eigenvalue weighted by atomic mass is 19.3. The Labute approximate surface area is 154 Å². The minimum Gasteiger partial charge on any atom is -0.434 e. The highest BCUT2D eigenvalue weighted by molar-refractivity contribution is 5.88. The maximum Gasteiger partial charge on any atom is 0.387 e. The van der Waals surface area contributed by atoms with E-state index in [9.17, 15) is 13.6 Å². The normalized spacial score (nSPS) is 10.6. The van der Waals surface area contributed by atoms with Gasteiger partial charge in [0.25, 0.3) is 0 Å². The minimum absolute atomic E-state index is 0.0277. The van der Waals surface area contributed by atoms with Gasteiger partial charge in [-0.1, -0.05) is 48.5 Å². The van der Waals surface area contributed by atoms with Crippen molar-refractivity contribution in [3.8, 4) is 5.75 Å². The maximum atomic E-state index is 12.4. The molecule has 0 saturated heterocycles. The van der Waals surface area contributed by atoms with Crippen LogP contribution in [-0.4, -0.2) is 22.4 Å². The second kappa shape index (κ2) is 8.79. The number of nitrogens with zero attached hydrogens (tertiary/aromatic N) is 2. The standard InChI is InChI=1S/C19H18F2N4O2/c20-18(21)27-16-9-5-4-8-15(16)12-22-19(26)23-17-10-11-25(24-17)13-14-6-2-1-3-7-14/h1-11,18H,12-13H2,(H2,22,23,24,26). The Kier molecular flexibility index (Phi) is 5.98. The zero-order valence-corrected chi connectivity index (χ0v) is 14.3. The molecule has 0 unspecified atom stereocenters. The molecule has 3 rings (SSSR count). The lowest BCUT2D eigenvalue weighted by molar-refractivity contribution is -0.0504. The predicted octanol–water partition coefficient (Wildman–Crippen LogP) is 3.85. The number of anilines is 1. The molecule has 140 valence electrons. The number of ether oxygens (including phenoxy) is 1. The van der Waals surface area contributed by atoms with E-state index in [1.807, 2.05) is 30.3 Å². The lowest BCUT2D eigenvalue weighted by Gasteiger charge is -2.11. The number of hydrogen-bond acceptors (Lipinski definition) is 3. The molecule has 3 aromatic rings. The second-order valence-corrected chi connectivity index (χ2v) is 5.68. The van der Waals surface area contributed by atoms with Crippen LogP contribution in [0, 0.1) is 0 Å². The highest BCUT2D eigenvalue weighted by Gasteiger charge is 2.10. The third-order valence-electron chi connectivity index (χ3n) is 3.70. The molecule has 0 radical (unpaired) electrons. The Bertz CT molecular complexity index is 884. The van der Waals surface area contributed by atoms with Crippen molar-refractivity contribution >= 4 is 11.8 Å². The van der Waals surface area contributed by atoms with E-state index in [4.69, 9.17) is 0 Å². The molecule has 2 amide bonds. The first-order chi connectivity index (χ1) is 13.1. The second-order valence-electron chi connectivity index (χ2n) is 5.68. The van der Waals surface area contributed by atoms with Crippen LogP contribution in [0.5, 0.6) is 5.75 Å². The molecular weight excluding hydrogens is 354 g/mol. The number of urea groups is 1. The van der Waals surface area contributed by atoms with E-state index in [1.54, 1.807) is 35.1 Å². The molecule has 0 aliphatic carbocycles. The summed E-state index contributed by atoms with van der Waals surface area (Å²) in [6.45, 7) is -2.30. The average Bonchev–Trinajstić information content (AvgIpc) is 3.08. The lowest BCUT2D eigenvalue weighted by atomic mass is 10.2. The molecule has 6 nitrogen and oxygen atoms in total. The molecule has 0 fully saturated rings. The summed E-state index contributed by atoms with van der Waals surface area (Å²) in [7, 11) is 0. The first kappa shape index (κ1) is 18.4. The molecule has 0 aliphatic heterocycles. The topological polar surface area (TPSA) is 68.2 Å². The van der Waals surface area contributed by atoms with Gasteiger partial charge < -0.3 is 10.1 Å². The van der Waals surface area contributed by atoms with Gasteiger partial charge in [-0.2, -0.15) is 13.9 Å². The summed E-state index contributed by atoms with van der Waals surface area (Å²) >= 11 is 0. The van der Waals surface area contributed by atoms with Crippen LogP contribution in [0.25, 0.3) is 0 Å². The van der Waals surface area contributed by atoms with E-state index in [2.05, 4.69) is 20.5 Å². The fourth-order valence-corrected chi connectivity index (χ4v) is 2.48. The van der Waals surface area contributed by atoms with Crippen LogP contribution in [0.3, 0.4) is 0 Å². The Morgan fingerprint density at radius 2 is 1.81 bits per heavy atom. The molecule has 0 atom stereocenters. The zero-order valence-electron chi connectivity index (χ0n) is 14.3. The first-order valence-corrected chi connectivity index (χ1v) is 8.25. The van der Waals surface area contributed by atoms with Gasteiger partial charge in [-0.15, -0.1) is 0 Å². The van der Waals surface area contributed by atoms with Gasteiger partial charge in [0.1, 0.15) is 5.75 Å². The summed E-state index contributed by atoms with van der Waals surface area (Å²) in [5.41, 5.74) is 1.54. The molecule has 0 aliphatic rings. The van der Waals surface area contributed by atoms with Crippen LogP contribution >= 0.6 is 0 Å². The largest absolute Gasteiger partial charge is 0.434 e. The van der Waals surface area contributed by atoms with E-state index in [0.717, 1.165) is 5.56 Å². The Balaban J connectivity index is 1.53. The van der Waals surface area contributed by atoms with Crippen molar-refractivity contribution in [2.45, 2.75) is 19.7 Å². The smallest absolute Gasteiger partial charge is 0.387 e. The van der Waals surface area contributed by atoms with Crippen molar-refractivity contribution in [1.82, 2.24) is 15.1 Å². The summed E-state index contributed by atoms with van der Waals surface area (Å²) in [5.74, 6) is 0.417. The fraction of sp³-hybridized carbons (Fsp3) is 0.158. The lowest BCUT2D eigenvalue weighted by Crippen LogP contribution is -2.28. The van der Waals surface area contributed by atoms with Gasteiger partial charge in [0.15, 0.2) is 5.82 Å². The van der Waals surface area contributed by atoms with Gasteiger partial charge in [-0.05, 0) is 11.6 Å². The van der Waals surface area contributed by atoms with Gasteiger partial charge in [-0.25, -0.2) is 4.79 Å². The SMILES string of the molecule is O=C(NCc1ccccc1OC(F)F)Nc1ccn(Cc2ccccc2)n1. The molecule has 0 bridgehead atoms. The first-order valence-electron chi connectivity index (χ1n) is 8.25. The Morgan fingerprint density at radius 3 is 2.59 bits per heavy atom. The monoisotopic (exact) mass is 372 g/mol. The fourth-order valence-electron chi connectivity index (χ4n) is 2.48. The molecule has 2 aromatic carbocycles. The van der Waals surface area contributed by atoms with Crippen LogP contribution in [-0.2, 0) is 13.1 Å². The van der Waals surface area contributed by atoms with E-state index >= 15 is 0 Å². The van der Waals surface area contributed by atoms with Crippen molar-refractivity contribution in [2.75, 3.05) is 5.32 Å². The Morgan fingerprint density at radius 1 is 1.07 bits per heavy atom. The van der Waals surface area contributed by atoms with Gasteiger partial charge in [0.2, 0.25) is 0 Å². The number of halogens is 2. The van der Waals surface area contributed by atoms with E-state index in [1.165, 1.54) is 6.07 Å². The third-order valence-corrected chi connectivity index (χ3v) is 3.70. The summed E-state index contributed by atoms with van der Waals surface area (Å²) in [6.07, 6.45) is 1.76. The maximum absolute atomic E-state index is 12.4. The number of nitrogens with one attached hydrogen (secondary N) is 2. The minimum atomic E-state index is -2.92. The summed E-state index contributed by atoms with van der Waals surface area (Å²) in [4.78, 5) is 12.0. The van der Waals surface area contributed by atoms with Crippen LogP contribution in [0.4, 0.5) is 19.4 Å². The number of para-hydroxylation sites is 1. The molecule has 0 spiro atoms. The third kappa shape index (κ3) is 5.53. The van der Waals surface area contributed by atoms with Crippen LogP contribution in [0.2, 0.25) is 0 Å². The van der Waals surface area contributed by atoms with Crippen molar-refractivity contribution in [1.29, 1.82) is 0 Å². The number of hydrogen-bond donors (Lipinski definition) is 2. The van der Waals surface area contributed by atoms with Crippen LogP contribution < -0.4 is 15.4 Å². The number of amides is 2. The molecule has 27 heavy (non-hydrogen) atoms. The number of benzene rings is 2. The van der Waals surface area contributed by atoms with Crippen molar-refractivity contribution < 1.29 is 18.3 Å². The molecular formula is C19H18F2N4O2. The van der Waals surface area contributed by atoms with Crippen molar-refractivity contribution in [3.63, 3.8) is 0 Å². The van der Waals surface area contributed by atoms with Gasteiger partial charge in [-0.3, -0.25) is 10.00 Å². The van der Waals surface area contributed by atoms with Gasteiger partial charge >= 0.3 is 12.6 Å². The number of carbonyl (C=O) groups is 1. The molecule has 2 N–H and O–H groups in total. The predicted molar refractivity (Wildman–Crippen MR) is 96.7 cm³/mol. The van der Waals surface area contributed by atoms with Crippen LogP contribution in [0.1, 0.15) is 11.1 Å². The Hall–Kier alpha value is -3.42. The average molecular weight is 372 g/mol. The number of carbonyl (C=O) groups excluding carboxylic acids is 1. The summed E-state index contributed by atoms with van der Waals surface area (Å²) < 4.78 is 31.0. The van der Waals surface area contributed by atoms with Gasteiger partial charge in [0.05, 0.1) is 6.54 Å². The van der Waals surface area contributed by atoms with Crippen molar-refractivity contribution in [2.24, 2.45) is 0 Å². The zero-order chi connectivity index (χ0) is 19.1. The van der Waals surface area contributed by atoms with Gasteiger partial charge in [0, 0.05) is 24.4 Å². The molecule has 1 aromatic heterocycles. The van der Waals surface area contributed by atoms with Crippen molar-refractivity contribution in [3.05, 3.63) is 78.0 Å².